The molecule has 4 atom stereocenters. The van der Waals surface area contributed by atoms with Gasteiger partial charge in [0.15, 0.2) is 0 Å². The maximum atomic E-state index is 14.1. The molecule has 7 aromatic rings. The summed E-state index contributed by atoms with van der Waals surface area (Å²) in [4.78, 5) is 60.6. The molecule has 3 fully saturated rings. The van der Waals surface area contributed by atoms with Crippen LogP contribution in [0.5, 0.6) is 0 Å². The number of likely N-dealkylation sites (tertiary alicyclic amines) is 2. The largest absolute Gasteiger partial charge is 0.453 e. The van der Waals surface area contributed by atoms with Crippen LogP contribution in [-0.4, -0.2) is 87.1 Å². The second-order valence-electron chi connectivity index (χ2n) is 16.8. The van der Waals surface area contributed by atoms with Gasteiger partial charge in [-0.15, -0.1) is 0 Å². The summed E-state index contributed by atoms with van der Waals surface area (Å²) < 4.78 is 10.4. The highest BCUT2D eigenvalue weighted by Gasteiger charge is 2.39. The number of ether oxygens (including phenoxy) is 2. The van der Waals surface area contributed by atoms with E-state index in [1.54, 1.807) is 0 Å². The van der Waals surface area contributed by atoms with E-state index < -0.39 is 18.2 Å². The topological polar surface area (TPSA) is 172 Å². The number of aromatic amines is 2. The first-order chi connectivity index (χ1) is 30.3. The predicted octanol–water partition coefficient (Wildman–Crippen LogP) is 8.10. The van der Waals surface area contributed by atoms with E-state index in [4.69, 9.17) is 25.2 Å². The average molecular weight is 831 g/mol. The molecule has 3 aliphatic rings. The Kier molecular flexibility index (Phi) is 10.7. The van der Waals surface area contributed by atoms with Crippen molar-refractivity contribution in [2.45, 2.75) is 62.7 Å². The minimum atomic E-state index is -0.880. The van der Waals surface area contributed by atoms with Gasteiger partial charge >= 0.3 is 6.09 Å². The fourth-order valence-corrected chi connectivity index (χ4v) is 9.78. The molecule has 62 heavy (non-hydrogen) atoms. The van der Waals surface area contributed by atoms with Crippen molar-refractivity contribution in [3.63, 3.8) is 0 Å². The number of aromatic nitrogens is 4. The summed E-state index contributed by atoms with van der Waals surface area (Å²) in [6.07, 6.45) is 6.22. The van der Waals surface area contributed by atoms with E-state index in [1.165, 1.54) is 7.11 Å². The summed E-state index contributed by atoms with van der Waals surface area (Å²) in [7, 11) is 1.29. The first-order valence-electron chi connectivity index (χ1n) is 21.7. The maximum Gasteiger partial charge on any atom is 0.407 e. The molecule has 0 aliphatic carbocycles. The second-order valence-corrected chi connectivity index (χ2v) is 16.8. The molecule has 0 unspecified atom stereocenters. The Morgan fingerprint density at radius 1 is 0.758 bits per heavy atom. The van der Waals surface area contributed by atoms with E-state index in [-0.39, 0.29) is 29.8 Å². The van der Waals surface area contributed by atoms with Crippen LogP contribution in [0, 0.1) is 5.92 Å². The molecule has 3 amide bonds. The van der Waals surface area contributed by atoms with Gasteiger partial charge in [-0.1, -0.05) is 72.8 Å². The van der Waals surface area contributed by atoms with Gasteiger partial charge in [-0.05, 0) is 102 Å². The van der Waals surface area contributed by atoms with E-state index in [1.807, 2.05) is 46.3 Å². The van der Waals surface area contributed by atoms with E-state index in [0.29, 0.717) is 31.9 Å². The van der Waals surface area contributed by atoms with Crippen molar-refractivity contribution in [2.24, 2.45) is 11.7 Å². The summed E-state index contributed by atoms with van der Waals surface area (Å²) in [5, 5.41) is 7.07. The van der Waals surface area contributed by atoms with Crippen LogP contribution in [0.1, 0.15) is 73.9 Å². The molecule has 5 heterocycles. The summed E-state index contributed by atoms with van der Waals surface area (Å²) in [6.45, 7) is 2.58. The third-order valence-electron chi connectivity index (χ3n) is 13.2. The number of nitrogens with zero attached hydrogens (tertiary/aromatic N) is 4. The standard InChI is InChI=1S/C49H50N8O5/c1-61-49(60)55-43(30-7-3-2-4-8-30)48(59)57-22-6-10-41(57)46-52-38-18-16-35-26-34(15-17-37(35)44(38)54-46)31-11-12-33-27-36(14-13-32(33)25-31)39-28-51-45(53-39)40-9-5-21-56(40)47(58)42(50)29-19-23-62-24-20-29/h2-4,7-8,11-18,25-29,40-43H,5-6,9-10,19-24,50H2,1H3,(H,51,53)(H,52,54)(H,55,60)/t40-,41-,42-,43+/m0/s1. The minimum Gasteiger partial charge on any atom is -0.453 e. The van der Waals surface area contributed by atoms with Gasteiger partial charge in [0.1, 0.15) is 17.7 Å². The van der Waals surface area contributed by atoms with Crippen LogP contribution in [0.3, 0.4) is 0 Å². The van der Waals surface area contributed by atoms with Crippen LogP contribution in [0.2, 0.25) is 0 Å². The number of nitrogens with two attached hydrogens (primary N) is 1. The molecule has 0 radical (unpaired) electrons. The Bertz CT molecular complexity index is 2800. The zero-order chi connectivity index (χ0) is 42.3. The van der Waals surface area contributed by atoms with E-state index in [2.05, 4.69) is 82.0 Å². The number of alkyl carbamates (subject to hydrolysis) is 1. The van der Waals surface area contributed by atoms with Crippen LogP contribution in [0.15, 0.2) is 103 Å². The number of nitrogens with one attached hydrogen (secondary N) is 3. The van der Waals surface area contributed by atoms with Crippen LogP contribution in [0.25, 0.3) is 55.0 Å². The third-order valence-corrected chi connectivity index (χ3v) is 13.2. The number of carbonyl (C=O) groups is 3. The van der Waals surface area contributed by atoms with Gasteiger partial charge in [-0.3, -0.25) is 9.59 Å². The Morgan fingerprint density at radius 3 is 2.15 bits per heavy atom. The fraction of sp³-hybridized carbons (Fsp3) is 0.327. The molecule has 13 nitrogen and oxygen atoms in total. The van der Waals surface area contributed by atoms with Crippen LogP contribution in [0.4, 0.5) is 4.79 Å². The highest BCUT2D eigenvalue weighted by molar-refractivity contribution is 6.06. The van der Waals surface area contributed by atoms with Gasteiger partial charge in [-0.2, -0.15) is 0 Å². The van der Waals surface area contributed by atoms with Crippen molar-refractivity contribution in [3.05, 3.63) is 120 Å². The van der Waals surface area contributed by atoms with Gasteiger partial charge < -0.3 is 40.3 Å². The zero-order valence-electron chi connectivity index (χ0n) is 34.7. The molecule has 5 N–H and O–H groups in total. The molecule has 0 spiro atoms. The predicted molar refractivity (Wildman–Crippen MR) is 238 cm³/mol. The Labute approximate surface area is 359 Å². The van der Waals surface area contributed by atoms with Gasteiger partial charge in [0, 0.05) is 37.3 Å². The molecule has 3 aliphatic heterocycles. The lowest BCUT2D eigenvalue weighted by molar-refractivity contribution is -0.136. The number of hydrogen-bond donors (Lipinski definition) is 4. The average Bonchev–Trinajstić information content (AvgIpc) is 4.17. The normalized spacial score (nSPS) is 19.3. The van der Waals surface area contributed by atoms with Crippen LogP contribution >= 0.6 is 0 Å². The zero-order valence-corrected chi connectivity index (χ0v) is 34.7. The SMILES string of the molecule is COC(=O)N[C@@H](C(=O)N1CCC[C@H]1c1nc2c(ccc3cc(-c4ccc5cc(-c6cnc([C@@H]7CCCN7C(=O)[C@@H](N)C7CCOCC7)[nH]6)ccc5c4)ccc32)[nH]1)c1ccccc1. The van der Waals surface area contributed by atoms with Gasteiger partial charge in [0.05, 0.1) is 48.2 Å². The molecule has 316 valence electrons. The number of rotatable bonds is 9. The highest BCUT2D eigenvalue weighted by atomic mass is 16.5. The lowest BCUT2D eigenvalue weighted by Crippen LogP contribution is -2.48. The number of benzene rings is 5. The van der Waals surface area contributed by atoms with Crippen molar-refractivity contribution < 1.29 is 23.9 Å². The summed E-state index contributed by atoms with van der Waals surface area (Å²) in [5.74, 6) is 1.50. The van der Waals surface area contributed by atoms with Gasteiger partial charge in [-0.25, -0.2) is 14.8 Å². The molecule has 2 aromatic heterocycles. The number of carbonyl (C=O) groups excluding carboxylic acids is 3. The van der Waals surface area contributed by atoms with Crippen molar-refractivity contribution in [1.29, 1.82) is 0 Å². The third kappa shape index (κ3) is 7.45. The molecule has 3 saturated heterocycles. The summed E-state index contributed by atoms with van der Waals surface area (Å²) in [6, 6.07) is 31.1. The quantitative estimate of drug-likeness (QED) is 0.113. The number of methoxy groups -OCH3 is 1. The lowest BCUT2D eigenvalue weighted by Gasteiger charge is -2.32. The van der Waals surface area contributed by atoms with E-state index >= 15 is 0 Å². The van der Waals surface area contributed by atoms with Crippen molar-refractivity contribution in [3.8, 4) is 22.4 Å². The number of H-pyrrole nitrogens is 2. The highest BCUT2D eigenvalue weighted by Crippen LogP contribution is 2.38. The number of imidazole rings is 2. The molecular formula is C49H50N8O5. The molecule has 0 bridgehead atoms. The number of amides is 3. The smallest absolute Gasteiger partial charge is 0.407 e. The molecular weight excluding hydrogens is 781 g/mol. The lowest BCUT2D eigenvalue weighted by atomic mass is 9.91. The Balaban J connectivity index is 0.862. The van der Waals surface area contributed by atoms with Gasteiger partial charge in [0.2, 0.25) is 5.91 Å². The molecule has 5 aromatic carbocycles. The van der Waals surface area contributed by atoms with E-state index in [0.717, 1.165) is 105 Å². The fourth-order valence-electron chi connectivity index (χ4n) is 9.78. The maximum absolute atomic E-state index is 14.1. The first kappa shape index (κ1) is 39.6. The van der Waals surface area contributed by atoms with Gasteiger partial charge in [0.25, 0.3) is 5.91 Å². The Morgan fingerprint density at radius 2 is 1.40 bits per heavy atom. The van der Waals surface area contributed by atoms with E-state index in [9.17, 15) is 14.4 Å². The van der Waals surface area contributed by atoms with Crippen LogP contribution < -0.4 is 11.1 Å². The Hall–Kier alpha value is -6.57. The summed E-state index contributed by atoms with van der Waals surface area (Å²) in [5.41, 5.74) is 13.1. The molecule has 13 heteroatoms. The second kappa shape index (κ2) is 16.7. The number of hydrogen-bond acceptors (Lipinski definition) is 8. The van der Waals surface area contributed by atoms with Crippen molar-refractivity contribution in [1.82, 2.24) is 35.1 Å². The van der Waals surface area contributed by atoms with Crippen LogP contribution in [-0.2, 0) is 19.1 Å². The summed E-state index contributed by atoms with van der Waals surface area (Å²) >= 11 is 0. The first-order valence-corrected chi connectivity index (χ1v) is 21.7. The molecule has 10 rings (SSSR count). The number of fused-ring (bicyclic) bond motifs is 4. The van der Waals surface area contributed by atoms with Crippen molar-refractivity contribution >= 4 is 50.5 Å². The monoisotopic (exact) mass is 830 g/mol. The molecule has 0 saturated carbocycles. The minimum absolute atomic E-state index is 0.0144. The van der Waals surface area contributed by atoms with Crippen molar-refractivity contribution in [2.75, 3.05) is 33.4 Å².